The Morgan fingerprint density at radius 2 is 2.38 bits per heavy atom. The first-order chi connectivity index (χ1) is 10.2. The van der Waals surface area contributed by atoms with Gasteiger partial charge in [-0.1, -0.05) is 12.1 Å². The SMILES string of the molecule is COc1cccc(C(NN)C2CN3CCCC3CO2)c1F. The van der Waals surface area contributed by atoms with E-state index >= 15 is 0 Å². The van der Waals surface area contributed by atoms with Crippen LogP contribution in [0, 0.1) is 5.82 Å². The molecule has 0 saturated carbocycles. The summed E-state index contributed by atoms with van der Waals surface area (Å²) in [5.74, 6) is 5.52. The van der Waals surface area contributed by atoms with Gasteiger partial charge in [0.15, 0.2) is 11.6 Å². The van der Waals surface area contributed by atoms with Crippen molar-refractivity contribution in [2.45, 2.75) is 31.0 Å². The van der Waals surface area contributed by atoms with Crippen LogP contribution in [-0.4, -0.2) is 43.9 Å². The summed E-state index contributed by atoms with van der Waals surface area (Å²) < 4.78 is 25.4. The van der Waals surface area contributed by atoms with E-state index in [-0.39, 0.29) is 23.7 Å². The van der Waals surface area contributed by atoms with E-state index in [1.807, 2.05) is 0 Å². The second kappa shape index (κ2) is 6.27. The molecule has 1 aromatic rings. The maximum atomic E-state index is 14.4. The molecule has 21 heavy (non-hydrogen) atoms. The molecule has 0 spiro atoms. The number of benzene rings is 1. The third-order valence-electron chi connectivity index (χ3n) is 4.52. The van der Waals surface area contributed by atoms with Crippen LogP contribution in [0.15, 0.2) is 18.2 Å². The van der Waals surface area contributed by atoms with Gasteiger partial charge in [-0.25, -0.2) is 4.39 Å². The van der Waals surface area contributed by atoms with E-state index in [4.69, 9.17) is 15.3 Å². The van der Waals surface area contributed by atoms with Crippen LogP contribution in [0.4, 0.5) is 4.39 Å². The molecule has 6 heteroatoms. The van der Waals surface area contributed by atoms with Crippen LogP contribution in [0.3, 0.4) is 0 Å². The molecule has 3 N–H and O–H groups in total. The molecule has 2 aliphatic rings. The zero-order chi connectivity index (χ0) is 14.8. The van der Waals surface area contributed by atoms with Gasteiger partial charge in [0.05, 0.1) is 25.9 Å². The normalized spacial score (nSPS) is 27.4. The van der Waals surface area contributed by atoms with Crippen LogP contribution in [-0.2, 0) is 4.74 Å². The molecule has 2 aliphatic heterocycles. The predicted octanol–water partition coefficient (Wildman–Crippen LogP) is 1.20. The minimum absolute atomic E-state index is 0.161. The average Bonchev–Trinajstić information content (AvgIpc) is 2.97. The second-order valence-corrected chi connectivity index (χ2v) is 5.67. The van der Waals surface area contributed by atoms with E-state index in [1.54, 1.807) is 18.2 Å². The molecule has 116 valence electrons. The Hall–Kier alpha value is -1.21. The van der Waals surface area contributed by atoms with Gasteiger partial charge in [-0.2, -0.15) is 0 Å². The van der Waals surface area contributed by atoms with Gasteiger partial charge in [-0.05, 0) is 25.5 Å². The quantitative estimate of drug-likeness (QED) is 0.646. The lowest BCUT2D eigenvalue weighted by molar-refractivity contribution is -0.0658. The van der Waals surface area contributed by atoms with E-state index in [0.29, 0.717) is 18.2 Å². The highest BCUT2D eigenvalue weighted by molar-refractivity contribution is 5.33. The molecule has 2 heterocycles. The first-order valence-corrected chi connectivity index (χ1v) is 7.38. The molecular formula is C15H22FN3O2. The van der Waals surface area contributed by atoms with Crippen LogP contribution in [0.2, 0.25) is 0 Å². The van der Waals surface area contributed by atoms with E-state index in [9.17, 15) is 4.39 Å². The number of nitrogens with two attached hydrogens (primary N) is 1. The molecule has 3 rings (SSSR count). The first-order valence-electron chi connectivity index (χ1n) is 7.38. The number of hydrazine groups is 1. The number of fused-ring (bicyclic) bond motifs is 1. The van der Waals surface area contributed by atoms with Gasteiger partial charge in [-0.15, -0.1) is 0 Å². The van der Waals surface area contributed by atoms with Gasteiger partial charge in [0.1, 0.15) is 0 Å². The molecule has 3 unspecified atom stereocenters. The number of halogens is 1. The highest BCUT2D eigenvalue weighted by atomic mass is 19.1. The fourth-order valence-corrected chi connectivity index (χ4v) is 3.37. The maximum absolute atomic E-state index is 14.4. The number of hydrogen-bond acceptors (Lipinski definition) is 5. The second-order valence-electron chi connectivity index (χ2n) is 5.67. The van der Waals surface area contributed by atoms with E-state index < -0.39 is 0 Å². The van der Waals surface area contributed by atoms with Crippen molar-refractivity contribution in [1.82, 2.24) is 10.3 Å². The number of rotatable bonds is 4. The molecule has 3 atom stereocenters. The van der Waals surface area contributed by atoms with Gasteiger partial charge in [0, 0.05) is 18.2 Å². The maximum Gasteiger partial charge on any atom is 0.169 e. The molecule has 1 aromatic carbocycles. The number of ether oxygens (including phenoxy) is 2. The Morgan fingerprint density at radius 1 is 1.52 bits per heavy atom. The molecule has 0 amide bonds. The molecule has 2 fully saturated rings. The van der Waals surface area contributed by atoms with Crippen molar-refractivity contribution in [2.24, 2.45) is 5.84 Å². The summed E-state index contributed by atoms with van der Waals surface area (Å²) in [6, 6.07) is 5.21. The van der Waals surface area contributed by atoms with Crippen molar-refractivity contribution in [3.05, 3.63) is 29.6 Å². The van der Waals surface area contributed by atoms with Crippen molar-refractivity contribution < 1.29 is 13.9 Å². The fourth-order valence-electron chi connectivity index (χ4n) is 3.37. The van der Waals surface area contributed by atoms with Crippen LogP contribution >= 0.6 is 0 Å². The average molecular weight is 295 g/mol. The number of methoxy groups -OCH3 is 1. The third kappa shape index (κ3) is 2.76. The highest BCUT2D eigenvalue weighted by Gasteiger charge is 2.37. The number of nitrogens with zero attached hydrogens (tertiary/aromatic N) is 1. The monoisotopic (exact) mass is 295 g/mol. The minimum atomic E-state index is -0.387. The van der Waals surface area contributed by atoms with Crippen molar-refractivity contribution in [3.8, 4) is 5.75 Å². The summed E-state index contributed by atoms with van der Waals surface area (Å²) in [4.78, 5) is 2.41. The summed E-state index contributed by atoms with van der Waals surface area (Å²) in [5, 5.41) is 0. The Bertz CT molecular complexity index is 500. The van der Waals surface area contributed by atoms with Gasteiger partial charge >= 0.3 is 0 Å². The van der Waals surface area contributed by atoms with Gasteiger partial charge in [0.2, 0.25) is 0 Å². The lowest BCUT2D eigenvalue weighted by Gasteiger charge is -2.38. The van der Waals surface area contributed by atoms with E-state index in [0.717, 1.165) is 13.1 Å². The molecular weight excluding hydrogens is 273 g/mol. The van der Waals surface area contributed by atoms with Gasteiger partial charge in [0.25, 0.3) is 0 Å². The van der Waals surface area contributed by atoms with Crippen LogP contribution < -0.4 is 16.0 Å². The highest BCUT2D eigenvalue weighted by Crippen LogP contribution is 2.31. The number of morpholine rings is 1. The summed E-state index contributed by atoms with van der Waals surface area (Å²) in [6.45, 7) is 2.55. The molecule has 5 nitrogen and oxygen atoms in total. The lowest BCUT2D eigenvalue weighted by atomic mass is 9.99. The van der Waals surface area contributed by atoms with Crippen LogP contribution in [0.5, 0.6) is 5.75 Å². The van der Waals surface area contributed by atoms with Gasteiger partial charge in [-0.3, -0.25) is 16.2 Å². The minimum Gasteiger partial charge on any atom is -0.494 e. The van der Waals surface area contributed by atoms with Crippen molar-refractivity contribution in [2.75, 3.05) is 26.8 Å². The molecule has 2 saturated heterocycles. The van der Waals surface area contributed by atoms with Crippen LogP contribution in [0.25, 0.3) is 0 Å². The summed E-state index contributed by atoms with van der Waals surface area (Å²) in [7, 11) is 1.46. The lowest BCUT2D eigenvalue weighted by Crippen LogP contribution is -2.51. The van der Waals surface area contributed by atoms with Crippen molar-refractivity contribution in [3.63, 3.8) is 0 Å². The van der Waals surface area contributed by atoms with Crippen LogP contribution in [0.1, 0.15) is 24.4 Å². The fraction of sp³-hybridized carbons (Fsp3) is 0.600. The van der Waals surface area contributed by atoms with Crippen molar-refractivity contribution >= 4 is 0 Å². The Balaban J connectivity index is 1.82. The molecule has 0 radical (unpaired) electrons. The van der Waals surface area contributed by atoms with Gasteiger partial charge < -0.3 is 9.47 Å². The molecule has 0 bridgehead atoms. The standard InChI is InChI=1S/C15H22FN3O2/c1-20-12-6-2-5-11(14(12)16)15(18-17)13-8-19-7-3-4-10(19)9-21-13/h2,5-6,10,13,15,18H,3-4,7-9,17H2,1H3. The molecule has 0 aliphatic carbocycles. The summed E-state index contributed by atoms with van der Waals surface area (Å²) in [5.41, 5.74) is 3.20. The zero-order valence-electron chi connectivity index (χ0n) is 12.2. The number of nitrogens with one attached hydrogen (secondary N) is 1. The Morgan fingerprint density at radius 3 is 3.14 bits per heavy atom. The Labute approximate surface area is 124 Å². The molecule has 0 aromatic heterocycles. The van der Waals surface area contributed by atoms with Crippen molar-refractivity contribution in [1.29, 1.82) is 0 Å². The smallest absolute Gasteiger partial charge is 0.169 e. The summed E-state index contributed by atoms with van der Waals surface area (Å²) in [6.07, 6.45) is 2.22. The third-order valence-corrected chi connectivity index (χ3v) is 4.52. The zero-order valence-corrected chi connectivity index (χ0v) is 12.2. The van der Waals surface area contributed by atoms with E-state index in [2.05, 4.69) is 10.3 Å². The Kier molecular flexibility index (Phi) is 4.40. The topological polar surface area (TPSA) is 59.8 Å². The van der Waals surface area contributed by atoms with E-state index in [1.165, 1.54) is 20.0 Å². The summed E-state index contributed by atoms with van der Waals surface area (Å²) >= 11 is 0. The number of hydrogen-bond donors (Lipinski definition) is 2. The first kappa shape index (κ1) is 14.7. The predicted molar refractivity (Wildman–Crippen MR) is 77.4 cm³/mol. The largest absolute Gasteiger partial charge is 0.494 e.